The molecule has 2 heterocycles. The lowest BCUT2D eigenvalue weighted by Gasteiger charge is -2.33. The van der Waals surface area contributed by atoms with E-state index in [9.17, 15) is 9.59 Å². The molecule has 0 saturated heterocycles. The molecule has 0 radical (unpaired) electrons. The molecule has 0 saturated carbocycles. The molecule has 2 aromatic rings. The fourth-order valence-electron chi connectivity index (χ4n) is 3.40. The van der Waals surface area contributed by atoms with Crippen LogP contribution in [0.2, 0.25) is 0 Å². The second kappa shape index (κ2) is 6.33. The number of amides is 2. The summed E-state index contributed by atoms with van der Waals surface area (Å²) in [5.74, 6) is 0.598. The van der Waals surface area contributed by atoms with Crippen LogP contribution in [0.15, 0.2) is 16.5 Å². The van der Waals surface area contributed by atoms with Crippen molar-refractivity contribution in [3.63, 3.8) is 0 Å². The van der Waals surface area contributed by atoms with Gasteiger partial charge in [0.1, 0.15) is 10.8 Å². The highest BCUT2D eigenvalue weighted by atomic mass is 32.1. The maximum atomic E-state index is 12.4. The normalized spacial score (nSPS) is 17.2. The van der Waals surface area contributed by atoms with E-state index in [0.717, 1.165) is 29.7 Å². The Labute approximate surface area is 151 Å². The Kier molecular flexibility index (Phi) is 4.49. The van der Waals surface area contributed by atoms with E-state index in [0.29, 0.717) is 22.2 Å². The third-order valence-electron chi connectivity index (χ3n) is 4.93. The number of carbonyl (C=O) groups is 2. The van der Waals surface area contributed by atoms with E-state index in [1.807, 2.05) is 0 Å². The van der Waals surface area contributed by atoms with Crippen molar-refractivity contribution in [2.24, 2.45) is 17.1 Å². The summed E-state index contributed by atoms with van der Waals surface area (Å²) in [6, 6.07) is 3.36. The number of carbonyl (C=O) groups excluding carboxylic acids is 2. The van der Waals surface area contributed by atoms with E-state index in [1.165, 1.54) is 11.3 Å². The van der Waals surface area contributed by atoms with Crippen molar-refractivity contribution in [1.29, 1.82) is 0 Å². The summed E-state index contributed by atoms with van der Waals surface area (Å²) in [6.07, 6.45) is 2.76. The fraction of sp³-hybridized carbons (Fsp3) is 0.474. The maximum Gasteiger partial charge on any atom is 0.291 e. The van der Waals surface area contributed by atoms with Gasteiger partial charge in [0.2, 0.25) is 0 Å². The van der Waals surface area contributed by atoms with Crippen molar-refractivity contribution in [2.45, 2.75) is 47.0 Å². The number of anilines is 1. The van der Waals surface area contributed by atoms with Gasteiger partial charge in [-0.15, -0.1) is 11.3 Å². The van der Waals surface area contributed by atoms with Crippen molar-refractivity contribution in [3.8, 4) is 0 Å². The maximum absolute atomic E-state index is 12.4. The molecule has 3 rings (SSSR count). The SMILES string of the molecule is Cc1ccc(C(=O)Nc2sc3c(c2C(N)=O)CC[C@H](C(C)(C)C)C3)o1. The van der Waals surface area contributed by atoms with Crippen LogP contribution in [-0.4, -0.2) is 11.8 Å². The summed E-state index contributed by atoms with van der Waals surface area (Å²) in [7, 11) is 0. The predicted molar refractivity (Wildman–Crippen MR) is 99.2 cm³/mol. The Balaban J connectivity index is 1.91. The molecule has 5 nitrogen and oxygen atoms in total. The number of fused-ring (bicyclic) bond motifs is 1. The summed E-state index contributed by atoms with van der Waals surface area (Å²) in [5.41, 5.74) is 7.29. The number of nitrogens with one attached hydrogen (secondary N) is 1. The van der Waals surface area contributed by atoms with E-state index in [2.05, 4.69) is 26.1 Å². The number of aryl methyl sites for hydroxylation is 1. The number of furan rings is 1. The fourth-order valence-corrected chi connectivity index (χ4v) is 4.72. The minimum absolute atomic E-state index is 0.212. The van der Waals surface area contributed by atoms with Crippen LogP contribution in [0.4, 0.5) is 5.00 Å². The van der Waals surface area contributed by atoms with Gasteiger partial charge in [-0.2, -0.15) is 0 Å². The first-order chi connectivity index (χ1) is 11.7. The van der Waals surface area contributed by atoms with Gasteiger partial charge >= 0.3 is 0 Å². The molecule has 1 aliphatic rings. The number of thiophene rings is 1. The topological polar surface area (TPSA) is 85.3 Å². The molecule has 0 unspecified atom stereocenters. The molecule has 6 heteroatoms. The zero-order valence-electron chi connectivity index (χ0n) is 15.1. The first-order valence-electron chi connectivity index (χ1n) is 8.49. The van der Waals surface area contributed by atoms with Gasteiger partial charge in [0.05, 0.1) is 5.56 Å². The highest BCUT2D eigenvalue weighted by Gasteiger charge is 2.33. The standard InChI is InChI=1S/C19H24N2O3S/c1-10-5-8-13(24-10)17(23)21-18-15(16(20)22)12-7-6-11(19(2,3)4)9-14(12)25-18/h5,8,11H,6-7,9H2,1-4H3,(H2,20,22)(H,21,23)/t11-/m0/s1. The van der Waals surface area contributed by atoms with Crippen LogP contribution in [0, 0.1) is 18.3 Å². The van der Waals surface area contributed by atoms with Crippen LogP contribution in [0.5, 0.6) is 0 Å². The number of hydrogen-bond acceptors (Lipinski definition) is 4. The molecule has 2 aromatic heterocycles. The summed E-state index contributed by atoms with van der Waals surface area (Å²) in [6.45, 7) is 8.51. The molecule has 25 heavy (non-hydrogen) atoms. The smallest absolute Gasteiger partial charge is 0.291 e. The van der Waals surface area contributed by atoms with Crippen molar-refractivity contribution in [2.75, 3.05) is 5.32 Å². The summed E-state index contributed by atoms with van der Waals surface area (Å²) < 4.78 is 5.36. The third-order valence-corrected chi connectivity index (χ3v) is 6.10. The number of hydrogen-bond donors (Lipinski definition) is 2. The predicted octanol–water partition coefficient (Wildman–Crippen LogP) is 4.15. The first kappa shape index (κ1) is 17.7. The van der Waals surface area contributed by atoms with Crippen LogP contribution in [0.25, 0.3) is 0 Å². The van der Waals surface area contributed by atoms with E-state index >= 15 is 0 Å². The van der Waals surface area contributed by atoms with Crippen molar-refractivity contribution in [1.82, 2.24) is 0 Å². The molecule has 0 aliphatic heterocycles. The van der Waals surface area contributed by atoms with Gasteiger partial charge < -0.3 is 15.5 Å². The molecule has 134 valence electrons. The third kappa shape index (κ3) is 3.49. The Morgan fingerprint density at radius 2 is 2.04 bits per heavy atom. The number of nitrogens with two attached hydrogens (primary N) is 1. The van der Waals surface area contributed by atoms with Gasteiger partial charge in [0, 0.05) is 4.88 Å². The van der Waals surface area contributed by atoms with Gasteiger partial charge in [0.25, 0.3) is 11.8 Å². The number of primary amides is 1. The minimum Gasteiger partial charge on any atom is -0.456 e. The zero-order valence-corrected chi connectivity index (χ0v) is 15.9. The van der Waals surface area contributed by atoms with Gasteiger partial charge in [-0.25, -0.2) is 0 Å². The van der Waals surface area contributed by atoms with Gasteiger partial charge in [-0.3, -0.25) is 9.59 Å². The average Bonchev–Trinajstić information content (AvgIpc) is 3.08. The van der Waals surface area contributed by atoms with Crippen LogP contribution >= 0.6 is 11.3 Å². The molecule has 0 fully saturated rings. The molecule has 0 aromatic carbocycles. The average molecular weight is 360 g/mol. The van der Waals surface area contributed by atoms with E-state index in [-0.39, 0.29) is 17.1 Å². The Bertz CT molecular complexity index is 826. The second-order valence-electron chi connectivity index (χ2n) is 7.74. The van der Waals surface area contributed by atoms with Crippen LogP contribution in [0.1, 0.15) is 64.3 Å². The monoisotopic (exact) mass is 360 g/mol. The molecule has 1 aliphatic carbocycles. The highest BCUT2D eigenvalue weighted by molar-refractivity contribution is 7.17. The van der Waals surface area contributed by atoms with Gasteiger partial charge in [-0.1, -0.05) is 20.8 Å². The molecule has 0 spiro atoms. The highest BCUT2D eigenvalue weighted by Crippen LogP contribution is 2.44. The minimum atomic E-state index is -0.488. The van der Waals surface area contributed by atoms with Crippen LogP contribution < -0.4 is 11.1 Å². The van der Waals surface area contributed by atoms with Crippen LogP contribution in [0.3, 0.4) is 0 Å². The van der Waals surface area contributed by atoms with Crippen molar-refractivity contribution in [3.05, 3.63) is 39.7 Å². The van der Waals surface area contributed by atoms with Crippen LogP contribution in [-0.2, 0) is 12.8 Å². The molecule has 0 bridgehead atoms. The van der Waals surface area contributed by atoms with Gasteiger partial charge in [0.15, 0.2) is 5.76 Å². The Morgan fingerprint density at radius 1 is 1.32 bits per heavy atom. The van der Waals surface area contributed by atoms with Gasteiger partial charge in [-0.05, 0) is 55.2 Å². The largest absolute Gasteiger partial charge is 0.456 e. The van der Waals surface area contributed by atoms with E-state index in [1.54, 1.807) is 19.1 Å². The Morgan fingerprint density at radius 3 is 2.60 bits per heavy atom. The zero-order chi connectivity index (χ0) is 18.4. The second-order valence-corrected chi connectivity index (χ2v) is 8.85. The molecular formula is C19H24N2O3S. The van der Waals surface area contributed by atoms with Crippen molar-refractivity contribution >= 4 is 28.2 Å². The van der Waals surface area contributed by atoms with E-state index in [4.69, 9.17) is 10.2 Å². The molecule has 3 N–H and O–H groups in total. The Hall–Kier alpha value is -2.08. The lowest BCUT2D eigenvalue weighted by molar-refractivity contribution is 0.0995. The summed E-state index contributed by atoms with van der Waals surface area (Å²) in [5, 5.41) is 3.35. The molecule has 1 atom stereocenters. The van der Waals surface area contributed by atoms with E-state index < -0.39 is 5.91 Å². The lowest BCUT2D eigenvalue weighted by atomic mass is 9.72. The molecule has 2 amide bonds. The molecular weight excluding hydrogens is 336 g/mol. The quantitative estimate of drug-likeness (QED) is 0.862. The number of rotatable bonds is 3. The lowest BCUT2D eigenvalue weighted by Crippen LogP contribution is -2.27. The van der Waals surface area contributed by atoms with Crippen molar-refractivity contribution < 1.29 is 14.0 Å². The first-order valence-corrected chi connectivity index (χ1v) is 9.30. The summed E-state index contributed by atoms with van der Waals surface area (Å²) in [4.78, 5) is 25.6. The summed E-state index contributed by atoms with van der Waals surface area (Å²) >= 11 is 1.47.